The molecule has 11 nitrogen and oxygen atoms in total. The van der Waals surface area contributed by atoms with E-state index >= 15 is 0 Å². The third-order valence-corrected chi connectivity index (χ3v) is 16.5. The van der Waals surface area contributed by atoms with Gasteiger partial charge in [-0.05, 0) is 154 Å². The Morgan fingerprint density at radius 3 is 1.44 bits per heavy atom. The molecule has 0 saturated heterocycles. The molecular formula is C52H66N8O3. The molecule has 8 bridgehead atoms. The molecule has 2 aromatic heterocycles. The maximum absolute atomic E-state index is 13.2. The lowest BCUT2D eigenvalue weighted by molar-refractivity contribution is -0.0503. The van der Waals surface area contributed by atoms with Crippen molar-refractivity contribution in [3.63, 3.8) is 0 Å². The second-order valence-corrected chi connectivity index (χ2v) is 21.2. The Balaban J connectivity index is 0.000000125. The molecule has 2 aliphatic heterocycles. The number of rotatable bonds is 9. The first-order valence-electron chi connectivity index (χ1n) is 24.1. The molecule has 4 heterocycles. The van der Waals surface area contributed by atoms with Crippen molar-refractivity contribution in [3.05, 3.63) is 118 Å². The summed E-state index contributed by atoms with van der Waals surface area (Å²) in [7, 11) is 0. The van der Waals surface area contributed by atoms with Crippen LogP contribution in [0, 0.1) is 46.3 Å². The number of nitrogens with two attached hydrogens (primary N) is 1. The van der Waals surface area contributed by atoms with E-state index in [9.17, 15) is 9.59 Å². The Morgan fingerprint density at radius 2 is 1.02 bits per heavy atom. The zero-order valence-corrected chi connectivity index (χ0v) is 37.0. The highest BCUT2D eigenvalue weighted by atomic mass is 16.4. The van der Waals surface area contributed by atoms with Crippen LogP contribution in [-0.2, 0) is 39.0 Å². The Kier molecular flexibility index (Phi) is 12.2. The number of hydrogen-bond donors (Lipinski definition) is 3. The van der Waals surface area contributed by atoms with Crippen molar-refractivity contribution in [1.29, 1.82) is 0 Å². The normalized spacial score (nSPS) is 30.9. The van der Waals surface area contributed by atoms with E-state index in [1.165, 1.54) is 94.5 Å². The van der Waals surface area contributed by atoms with Crippen molar-refractivity contribution in [2.24, 2.45) is 52.1 Å². The van der Waals surface area contributed by atoms with Crippen molar-refractivity contribution >= 4 is 11.9 Å². The number of aromatic nitrogens is 4. The SMILES string of the molecule is NCC12CC3CC(CC(C3)C1)C2.O=C(NCC12CC3CC(CC(C3)C1)C2)c1ncnc2c1CCN(Cc1ccccc1)C2.O=C(O)c1ncnc2c1CCN(Cc1ccccc1)C2. The molecule has 0 spiro atoms. The van der Waals surface area contributed by atoms with Gasteiger partial charge in [0.15, 0.2) is 5.69 Å². The van der Waals surface area contributed by atoms with Crippen molar-refractivity contribution in [1.82, 2.24) is 35.1 Å². The quantitative estimate of drug-likeness (QED) is 0.152. The molecule has 11 heteroatoms. The first-order chi connectivity index (χ1) is 30.7. The van der Waals surface area contributed by atoms with Crippen molar-refractivity contribution in [2.75, 3.05) is 26.2 Å². The molecule has 0 radical (unpaired) electrons. The lowest BCUT2D eigenvalue weighted by atomic mass is 9.49. The van der Waals surface area contributed by atoms with E-state index in [0.29, 0.717) is 29.5 Å². The number of fused-ring (bicyclic) bond motifs is 2. The summed E-state index contributed by atoms with van der Waals surface area (Å²) >= 11 is 0. The van der Waals surface area contributed by atoms with Crippen molar-refractivity contribution in [2.45, 2.75) is 116 Å². The van der Waals surface area contributed by atoms with E-state index in [2.05, 4.69) is 77.5 Å². The number of hydrogen-bond acceptors (Lipinski definition) is 9. The number of carboxylic acids is 1. The predicted molar refractivity (Wildman–Crippen MR) is 242 cm³/mol. The van der Waals surface area contributed by atoms with Crippen LogP contribution < -0.4 is 11.1 Å². The highest BCUT2D eigenvalue weighted by Gasteiger charge is 2.51. The average Bonchev–Trinajstić information content (AvgIpc) is 3.28. The molecule has 1 amide bonds. The van der Waals surface area contributed by atoms with Gasteiger partial charge < -0.3 is 16.2 Å². The number of carboxylic acid groups (broad SMARTS) is 1. The maximum atomic E-state index is 13.2. The van der Waals surface area contributed by atoms with E-state index < -0.39 is 5.97 Å². The van der Waals surface area contributed by atoms with Crippen LogP contribution in [0.1, 0.15) is 132 Å². The van der Waals surface area contributed by atoms with E-state index in [1.54, 1.807) is 6.33 Å². The standard InChI is InChI=1S/C26H32N4O.C15H15N3O2.C11H19N/c31-25(27-16-26-11-19-8-20(12-26)10-21(9-19)13-26)24-22-6-7-30(15-23(22)28-17-29-24)14-18-4-2-1-3-5-18;19-15(20)14-12-6-7-18(9-13(12)16-10-17-14)8-11-4-2-1-3-5-11;12-7-11-4-8-1-9(5-11)3-10(2-8)6-11/h1-5,17,19-21H,6-16H2,(H,27,31);1-5,10H,6-9H2,(H,19,20);8-10H,1-7,12H2. The molecule has 8 fully saturated rings. The highest BCUT2D eigenvalue weighted by Crippen LogP contribution is 2.60. The largest absolute Gasteiger partial charge is 0.477 e. The summed E-state index contributed by atoms with van der Waals surface area (Å²) < 4.78 is 0. The number of amides is 1. The van der Waals surface area contributed by atoms with Crippen LogP contribution in [0.5, 0.6) is 0 Å². The van der Waals surface area contributed by atoms with Crippen LogP contribution in [-0.4, -0.2) is 72.9 Å². The fourth-order valence-corrected chi connectivity index (χ4v) is 14.5. The van der Waals surface area contributed by atoms with Gasteiger partial charge in [0.05, 0.1) is 11.4 Å². The van der Waals surface area contributed by atoms with Crippen molar-refractivity contribution in [3.8, 4) is 0 Å². The van der Waals surface area contributed by atoms with E-state index in [0.717, 1.165) is 110 Å². The number of carbonyl (C=O) groups excluding carboxylic acids is 1. The first-order valence-corrected chi connectivity index (χ1v) is 24.1. The first kappa shape index (κ1) is 42.4. The van der Waals surface area contributed by atoms with Gasteiger partial charge in [-0.2, -0.15) is 0 Å². The van der Waals surface area contributed by atoms with Crippen LogP contribution in [0.2, 0.25) is 0 Å². The van der Waals surface area contributed by atoms with Crippen LogP contribution in [0.15, 0.2) is 73.3 Å². The number of nitrogens with one attached hydrogen (secondary N) is 1. The molecule has 63 heavy (non-hydrogen) atoms. The smallest absolute Gasteiger partial charge is 0.354 e. The minimum Gasteiger partial charge on any atom is -0.477 e. The number of aromatic carboxylic acids is 1. The Hall–Kier alpha value is -4.58. The number of carbonyl (C=O) groups is 2. The molecule has 10 aliphatic rings. The molecule has 332 valence electrons. The summed E-state index contributed by atoms with van der Waals surface area (Å²) in [5.41, 5.74) is 13.9. The van der Waals surface area contributed by atoms with Gasteiger partial charge in [-0.15, -0.1) is 0 Å². The second-order valence-electron chi connectivity index (χ2n) is 21.2. The minimum absolute atomic E-state index is 0.00547. The number of nitrogens with zero attached hydrogens (tertiary/aromatic N) is 6. The second kappa shape index (κ2) is 18.1. The van der Waals surface area contributed by atoms with E-state index in [-0.39, 0.29) is 11.6 Å². The van der Waals surface area contributed by atoms with E-state index in [1.807, 2.05) is 18.2 Å². The fraction of sp³-hybridized carbons (Fsp3) is 0.577. The average molecular weight is 851 g/mol. The fourth-order valence-electron chi connectivity index (χ4n) is 14.5. The molecule has 8 saturated carbocycles. The topological polar surface area (TPSA) is 150 Å². The summed E-state index contributed by atoms with van der Waals surface area (Å²) in [6.45, 7) is 6.78. The van der Waals surface area contributed by atoms with Crippen LogP contribution in [0.4, 0.5) is 0 Å². The van der Waals surface area contributed by atoms with Gasteiger partial charge in [-0.3, -0.25) is 14.6 Å². The minimum atomic E-state index is -0.972. The Labute approximate surface area is 373 Å². The van der Waals surface area contributed by atoms with Gasteiger partial charge in [-0.1, -0.05) is 60.7 Å². The Bertz CT molecular complexity index is 2180. The molecule has 2 aromatic carbocycles. The van der Waals surface area contributed by atoms with Gasteiger partial charge in [0, 0.05) is 56.9 Å². The van der Waals surface area contributed by atoms with Gasteiger partial charge in [0.25, 0.3) is 5.91 Å². The molecule has 0 unspecified atom stereocenters. The maximum Gasteiger partial charge on any atom is 0.354 e. The number of benzene rings is 2. The van der Waals surface area contributed by atoms with Gasteiger partial charge in [0.2, 0.25) is 0 Å². The monoisotopic (exact) mass is 851 g/mol. The van der Waals surface area contributed by atoms with Crippen LogP contribution in [0.3, 0.4) is 0 Å². The molecule has 4 N–H and O–H groups in total. The van der Waals surface area contributed by atoms with Crippen LogP contribution >= 0.6 is 0 Å². The van der Waals surface area contributed by atoms with Gasteiger partial charge in [0.1, 0.15) is 18.3 Å². The summed E-state index contributed by atoms with van der Waals surface area (Å²) in [6, 6.07) is 20.8. The third-order valence-electron chi connectivity index (χ3n) is 16.5. The van der Waals surface area contributed by atoms with Crippen molar-refractivity contribution < 1.29 is 14.7 Å². The lowest BCUT2D eigenvalue weighted by Crippen LogP contribution is -2.51. The molecule has 14 rings (SSSR count). The summed E-state index contributed by atoms with van der Waals surface area (Å²) in [5, 5.41) is 12.5. The van der Waals surface area contributed by atoms with E-state index in [4.69, 9.17) is 10.8 Å². The molecular weight excluding hydrogens is 785 g/mol. The Morgan fingerprint density at radius 1 is 0.603 bits per heavy atom. The molecule has 4 aromatic rings. The summed E-state index contributed by atoms with van der Waals surface area (Å²) in [4.78, 5) is 46.1. The zero-order chi connectivity index (χ0) is 43.0. The zero-order valence-electron chi connectivity index (χ0n) is 37.0. The van der Waals surface area contributed by atoms with Crippen LogP contribution in [0.25, 0.3) is 0 Å². The third kappa shape index (κ3) is 9.48. The predicted octanol–water partition coefficient (Wildman–Crippen LogP) is 7.88. The molecule has 0 atom stereocenters. The summed E-state index contributed by atoms with van der Waals surface area (Å²) in [6.07, 6.45) is 21.7. The lowest BCUT2D eigenvalue weighted by Gasteiger charge is -2.56. The van der Waals surface area contributed by atoms with Gasteiger partial charge >= 0.3 is 5.97 Å². The highest BCUT2D eigenvalue weighted by molar-refractivity contribution is 5.94. The van der Waals surface area contributed by atoms with Gasteiger partial charge in [-0.25, -0.2) is 24.7 Å². The molecule has 8 aliphatic carbocycles. The summed E-state index contributed by atoms with van der Waals surface area (Å²) in [5.74, 6) is 4.96.